The van der Waals surface area contributed by atoms with Gasteiger partial charge in [0, 0.05) is 0 Å². The van der Waals surface area contributed by atoms with Gasteiger partial charge in [-0.3, -0.25) is 0 Å². The molecule has 0 spiro atoms. The second-order valence-corrected chi connectivity index (χ2v) is 5.99. The summed E-state index contributed by atoms with van der Waals surface area (Å²) >= 11 is 0. The van der Waals surface area contributed by atoms with Crippen molar-refractivity contribution in [1.29, 1.82) is 0 Å². The van der Waals surface area contributed by atoms with Crippen molar-refractivity contribution in [3.63, 3.8) is 0 Å². The predicted octanol–water partition coefficient (Wildman–Crippen LogP) is 4.68. The normalized spacial score (nSPS) is 12.0. The Hall–Kier alpha value is -0.0800. The van der Waals surface area contributed by atoms with E-state index < -0.39 is 11.2 Å². The highest BCUT2D eigenvalue weighted by molar-refractivity contribution is 4.70. The Kier molecular flexibility index (Phi) is 12.2. The lowest BCUT2D eigenvalue weighted by Crippen LogP contribution is -2.22. The highest BCUT2D eigenvalue weighted by atomic mass is 16.3. The van der Waals surface area contributed by atoms with E-state index in [-0.39, 0.29) is 0 Å². The third-order valence-corrected chi connectivity index (χ3v) is 3.15. The summed E-state index contributed by atoms with van der Waals surface area (Å²) in [6.07, 6.45) is 8.03. The van der Waals surface area contributed by atoms with Gasteiger partial charge in [0.05, 0.1) is 11.2 Å². The van der Waals surface area contributed by atoms with Crippen LogP contribution in [0.25, 0.3) is 0 Å². The molecule has 0 saturated heterocycles. The number of aliphatic hydroxyl groups is 2. The molecule has 0 heterocycles. The molecule has 112 valence electrons. The fraction of sp³-hybridized carbons (Fsp3) is 1.00. The largest absolute Gasteiger partial charge is 0.390 e. The lowest BCUT2D eigenvalue weighted by molar-refractivity contribution is 0.0400. The van der Waals surface area contributed by atoms with Gasteiger partial charge < -0.3 is 10.2 Å². The van der Waals surface area contributed by atoms with Crippen molar-refractivity contribution in [3.8, 4) is 0 Å². The molecule has 2 heteroatoms. The molecule has 0 aromatic carbocycles. The van der Waals surface area contributed by atoms with Crippen LogP contribution in [-0.2, 0) is 0 Å². The summed E-state index contributed by atoms with van der Waals surface area (Å²) in [5, 5.41) is 19.0. The van der Waals surface area contributed by atoms with E-state index in [4.69, 9.17) is 0 Å². The summed E-state index contributed by atoms with van der Waals surface area (Å²) < 4.78 is 0. The van der Waals surface area contributed by atoms with Gasteiger partial charge >= 0.3 is 0 Å². The number of rotatable bonds is 8. The van der Waals surface area contributed by atoms with Crippen LogP contribution >= 0.6 is 0 Å². The molecule has 0 aliphatic heterocycles. The van der Waals surface area contributed by atoms with E-state index in [1.807, 2.05) is 13.8 Å². The van der Waals surface area contributed by atoms with E-state index in [1.165, 1.54) is 0 Å². The van der Waals surface area contributed by atoms with E-state index in [1.54, 1.807) is 0 Å². The van der Waals surface area contributed by atoms with Gasteiger partial charge in [-0.05, 0) is 39.5 Å². The first-order chi connectivity index (χ1) is 8.24. The van der Waals surface area contributed by atoms with Crippen LogP contribution in [0.2, 0.25) is 0 Å². The van der Waals surface area contributed by atoms with Gasteiger partial charge in [0.15, 0.2) is 0 Å². The van der Waals surface area contributed by atoms with Crippen LogP contribution in [0.3, 0.4) is 0 Å². The van der Waals surface area contributed by atoms with Crippen LogP contribution < -0.4 is 0 Å². The van der Waals surface area contributed by atoms with Crippen molar-refractivity contribution in [1.82, 2.24) is 0 Å². The summed E-state index contributed by atoms with van der Waals surface area (Å²) in [5.74, 6) is 0. The zero-order valence-electron chi connectivity index (χ0n) is 13.6. The number of hydrogen-bond donors (Lipinski definition) is 2. The lowest BCUT2D eigenvalue weighted by Gasteiger charge is -2.21. The first kappa shape index (κ1) is 20.2. The molecule has 0 atom stereocenters. The highest BCUT2D eigenvalue weighted by Crippen LogP contribution is 2.18. The fourth-order valence-electron chi connectivity index (χ4n) is 2.40. The van der Waals surface area contributed by atoms with Crippen molar-refractivity contribution in [2.45, 2.75) is 104 Å². The van der Waals surface area contributed by atoms with Gasteiger partial charge in [-0.15, -0.1) is 0 Å². The van der Waals surface area contributed by atoms with Crippen molar-refractivity contribution >= 4 is 0 Å². The van der Waals surface area contributed by atoms with Gasteiger partial charge in [0.2, 0.25) is 0 Å². The molecule has 2 N–H and O–H groups in total. The minimum Gasteiger partial charge on any atom is -0.390 e. The third-order valence-electron chi connectivity index (χ3n) is 3.15. The van der Waals surface area contributed by atoms with Crippen LogP contribution in [0, 0.1) is 0 Å². The Morgan fingerprint density at radius 2 is 0.722 bits per heavy atom. The predicted molar refractivity (Wildman–Crippen MR) is 80.9 cm³/mol. The van der Waals surface area contributed by atoms with Crippen molar-refractivity contribution in [2.75, 3.05) is 0 Å². The van der Waals surface area contributed by atoms with Gasteiger partial charge in [-0.1, -0.05) is 53.4 Å². The molecule has 0 amide bonds. The first-order valence-electron chi connectivity index (χ1n) is 7.69. The average molecular weight is 260 g/mol. The maximum absolute atomic E-state index is 9.51. The molecule has 0 aliphatic rings. The molecule has 0 aliphatic carbocycles. The summed E-state index contributed by atoms with van der Waals surface area (Å²) in [6.45, 7) is 12.2. The topological polar surface area (TPSA) is 40.5 Å². The summed E-state index contributed by atoms with van der Waals surface area (Å²) in [7, 11) is 0. The van der Waals surface area contributed by atoms with Gasteiger partial charge in [-0.2, -0.15) is 0 Å². The van der Waals surface area contributed by atoms with Gasteiger partial charge in [-0.25, -0.2) is 0 Å². The van der Waals surface area contributed by atoms with Crippen LogP contribution in [0.1, 0.15) is 92.9 Å². The van der Waals surface area contributed by atoms with Crippen LogP contribution in [0.5, 0.6) is 0 Å². The van der Waals surface area contributed by atoms with Crippen molar-refractivity contribution in [3.05, 3.63) is 0 Å². The zero-order chi connectivity index (χ0) is 14.7. The van der Waals surface area contributed by atoms with E-state index in [0.29, 0.717) is 0 Å². The molecule has 2 nitrogen and oxygen atoms in total. The molecular weight excluding hydrogens is 224 g/mol. The van der Waals surface area contributed by atoms with E-state index >= 15 is 0 Å². The molecule has 0 aromatic heterocycles. The van der Waals surface area contributed by atoms with Crippen LogP contribution in [0.15, 0.2) is 0 Å². The maximum atomic E-state index is 9.51. The minimum atomic E-state index is -0.399. The van der Waals surface area contributed by atoms with E-state index in [2.05, 4.69) is 27.7 Å². The molecule has 0 unspecified atom stereocenters. The molecule has 0 bridgehead atoms. The molecule has 0 rings (SSSR count). The monoisotopic (exact) mass is 260 g/mol. The van der Waals surface area contributed by atoms with E-state index in [9.17, 15) is 10.2 Å². The Morgan fingerprint density at radius 3 is 0.833 bits per heavy atom. The van der Waals surface area contributed by atoms with Crippen LogP contribution in [-0.4, -0.2) is 21.4 Å². The second-order valence-electron chi connectivity index (χ2n) is 5.99. The van der Waals surface area contributed by atoms with Crippen molar-refractivity contribution < 1.29 is 10.2 Å². The Morgan fingerprint density at radius 1 is 0.556 bits per heavy atom. The first-order valence-corrected chi connectivity index (χ1v) is 7.69. The van der Waals surface area contributed by atoms with Gasteiger partial charge in [0.25, 0.3) is 0 Å². The maximum Gasteiger partial charge on any atom is 0.0619 e. The fourth-order valence-corrected chi connectivity index (χ4v) is 2.40. The molecule has 0 fully saturated rings. The molecule has 18 heavy (non-hydrogen) atoms. The standard InChI is InChI=1S/2C8H18O/c2*1-4-6-8(3,9)7-5-2/h2*9H,4-7H2,1-3H3. The quantitative estimate of drug-likeness (QED) is 0.665. The highest BCUT2D eigenvalue weighted by Gasteiger charge is 2.16. The summed E-state index contributed by atoms with van der Waals surface area (Å²) in [5.41, 5.74) is -0.799. The molecular formula is C16H36O2. The number of hydrogen-bond acceptors (Lipinski definition) is 2. The summed E-state index contributed by atoms with van der Waals surface area (Å²) in [4.78, 5) is 0. The molecule has 0 aromatic rings. The molecule has 0 radical (unpaired) electrons. The second kappa shape index (κ2) is 10.8. The molecule has 0 saturated carbocycles. The Balaban J connectivity index is 0. The minimum absolute atomic E-state index is 0.399. The van der Waals surface area contributed by atoms with Crippen molar-refractivity contribution in [2.24, 2.45) is 0 Å². The lowest BCUT2D eigenvalue weighted by atomic mass is 9.95. The Bertz CT molecular complexity index is 138. The SMILES string of the molecule is CCCC(C)(O)CCC.CCCC(C)(O)CCC. The van der Waals surface area contributed by atoms with Crippen LogP contribution in [0.4, 0.5) is 0 Å². The summed E-state index contributed by atoms with van der Waals surface area (Å²) in [6, 6.07) is 0. The zero-order valence-corrected chi connectivity index (χ0v) is 13.6. The third kappa shape index (κ3) is 14.0. The average Bonchev–Trinajstić information content (AvgIpc) is 2.17. The smallest absolute Gasteiger partial charge is 0.0619 e. The van der Waals surface area contributed by atoms with E-state index in [0.717, 1.165) is 51.4 Å². The van der Waals surface area contributed by atoms with Gasteiger partial charge in [0.1, 0.15) is 0 Å². The Labute approximate surface area is 115 Å².